The fourth-order valence-electron chi connectivity index (χ4n) is 1.53. The van der Waals surface area contributed by atoms with Gasteiger partial charge in [-0.15, -0.1) is 0 Å². The first-order valence-corrected chi connectivity index (χ1v) is 5.48. The highest BCUT2D eigenvalue weighted by atomic mass is 16.6. The molecule has 1 rings (SSSR count). The van der Waals surface area contributed by atoms with Crippen molar-refractivity contribution >= 4 is 5.69 Å². The quantitative estimate of drug-likeness (QED) is 0.644. The van der Waals surface area contributed by atoms with E-state index in [1.54, 1.807) is 6.07 Å². The molecule has 0 radical (unpaired) electrons. The van der Waals surface area contributed by atoms with Gasteiger partial charge in [-0.2, -0.15) is 0 Å². The number of benzene rings is 1. The van der Waals surface area contributed by atoms with Crippen LogP contribution in [0.3, 0.4) is 0 Å². The summed E-state index contributed by atoms with van der Waals surface area (Å²) >= 11 is 0. The molecule has 0 spiro atoms. The number of nitro groups is 1. The Labute approximate surface area is 101 Å². The summed E-state index contributed by atoms with van der Waals surface area (Å²) in [6.45, 7) is 6.83. The van der Waals surface area contributed by atoms with Gasteiger partial charge in [0.1, 0.15) is 12.4 Å². The predicted octanol–water partition coefficient (Wildman–Crippen LogP) is 2.23. The Kier molecular flexibility index (Phi) is 4.07. The number of nitrogens with zero attached hydrogens (tertiary/aromatic N) is 1. The van der Waals surface area contributed by atoms with E-state index in [9.17, 15) is 10.1 Å². The van der Waals surface area contributed by atoms with Crippen molar-refractivity contribution < 1.29 is 9.66 Å². The molecule has 0 bridgehead atoms. The number of nitrogens with two attached hydrogens (primary N) is 1. The van der Waals surface area contributed by atoms with Crippen LogP contribution in [0.1, 0.15) is 26.3 Å². The van der Waals surface area contributed by atoms with E-state index in [0.29, 0.717) is 18.9 Å². The molecule has 0 atom stereocenters. The second-order valence-electron chi connectivity index (χ2n) is 4.82. The van der Waals surface area contributed by atoms with Gasteiger partial charge in [0, 0.05) is 12.6 Å². The van der Waals surface area contributed by atoms with Gasteiger partial charge in [0.15, 0.2) is 0 Å². The van der Waals surface area contributed by atoms with Gasteiger partial charge in [-0.3, -0.25) is 10.1 Å². The van der Waals surface area contributed by atoms with Crippen LogP contribution in [-0.4, -0.2) is 18.1 Å². The van der Waals surface area contributed by atoms with Crippen LogP contribution < -0.4 is 10.5 Å². The van der Waals surface area contributed by atoms with E-state index >= 15 is 0 Å². The summed E-state index contributed by atoms with van der Waals surface area (Å²) in [6, 6.07) is 4.69. The smallest absolute Gasteiger partial charge is 0.273 e. The molecular weight excluding hydrogens is 220 g/mol. The lowest BCUT2D eigenvalue weighted by Gasteiger charge is -2.22. The molecule has 0 saturated heterocycles. The normalized spacial score (nSPS) is 11.3. The van der Waals surface area contributed by atoms with E-state index < -0.39 is 4.92 Å². The van der Waals surface area contributed by atoms with Gasteiger partial charge in [0.2, 0.25) is 0 Å². The lowest BCUT2D eigenvalue weighted by molar-refractivity contribution is -0.385. The standard InChI is InChI=1S/C12H18N2O3/c1-12(2,3)10-5-4-9(14(15)16)8-11(10)17-7-6-13/h4-5,8H,6-7,13H2,1-3H3. The molecular formula is C12H18N2O3. The van der Waals surface area contributed by atoms with Crippen molar-refractivity contribution in [1.29, 1.82) is 0 Å². The van der Waals surface area contributed by atoms with E-state index in [-0.39, 0.29) is 11.1 Å². The van der Waals surface area contributed by atoms with Gasteiger partial charge in [-0.05, 0) is 17.0 Å². The summed E-state index contributed by atoms with van der Waals surface area (Å²) in [5.41, 5.74) is 6.22. The summed E-state index contributed by atoms with van der Waals surface area (Å²) in [4.78, 5) is 10.3. The summed E-state index contributed by atoms with van der Waals surface area (Å²) < 4.78 is 5.47. The lowest BCUT2D eigenvalue weighted by Crippen LogP contribution is -2.16. The molecule has 5 nitrogen and oxygen atoms in total. The number of hydrogen-bond acceptors (Lipinski definition) is 4. The van der Waals surface area contributed by atoms with Crippen LogP contribution in [0, 0.1) is 10.1 Å². The molecule has 1 aromatic carbocycles. The van der Waals surface area contributed by atoms with Gasteiger partial charge in [-0.25, -0.2) is 0 Å². The number of non-ortho nitro benzene ring substituents is 1. The van der Waals surface area contributed by atoms with Crippen molar-refractivity contribution in [3.63, 3.8) is 0 Å². The fourth-order valence-corrected chi connectivity index (χ4v) is 1.53. The maximum Gasteiger partial charge on any atom is 0.273 e. The van der Waals surface area contributed by atoms with Crippen LogP contribution in [0.25, 0.3) is 0 Å². The molecule has 0 aliphatic carbocycles. The molecule has 0 unspecified atom stereocenters. The van der Waals surface area contributed by atoms with Gasteiger partial charge < -0.3 is 10.5 Å². The van der Waals surface area contributed by atoms with Gasteiger partial charge in [0.25, 0.3) is 5.69 Å². The van der Waals surface area contributed by atoms with Gasteiger partial charge >= 0.3 is 0 Å². The second-order valence-corrected chi connectivity index (χ2v) is 4.82. The summed E-state index contributed by atoms with van der Waals surface area (Å²) in [6.07, 6.45) is 0. The van der Waals surface area contributed by atoms with Crippen molar-refractivity contribution in [1.82, 2.24) is 0 Å². The minimum Gasteiger partial charge on any atom is -0.492 e. The molecule has 2 N–H and O–H groups in total. The fraction of sp³-hybridized carbons (Fsp3) is 0.500. The first-order valence-electron chi connectivity index (χ1n) is 5.48. The molecule has 0 aliphatic heterocycles. The Balaban J connectivity index is 3.17. The highest BCUT2D eigenvalue weighted by Crippen LogP contribution is 2.34. The van der Waals surface area contributed by atoms with E-state index in [1.165, 1.54) is 12.1 Å². The monoisotopic (exact) mass is 238 g/mol. The number of rotatable bonds is 4. The first-order chi connectivity index (χ1) is 7.86. The molecule has 1 aromatic rings. The van der Waals surface area contributed by atoms with Crippen LogP contribution >= 0.6 is 0 Å². The molecule has 5 heteroatoms. The molecule has 0 aliphatic rings. The van der Waals surface area contributed by atoms with E-state index in [1.807, 2.05) is 20.8 Å². The van der Waals surface area contributed by atoms with Gasteiger partial charge in [-0.1, -0.05) is 20.8 Å². The third-order valence-electron chi connectivity index (χ3n) is 2.36. The minimum atomic E-state index is -0.429. The zero-order valence-electron chi connectivity index (χ0n) is 10.4. The van der Waals surface area contributed by atoms with Crippen molar-refractivity contribution in [2.45, 2.75) is 26.2 Å². The molecule has 0 saturated carbocycles. The Morgan fingerprint density at radius 1 is 1.41 bits per heavy atom. The van der Waals surface area contributed by atoms with Crippen LogP contribution in [0.15, 0.2) is 18.2 Å². The van der Waals surface area contributed by atoms with Gasteiger partial charge in [0.05, 0.1) is 11.0 Å². The van der Waals surface area contributed by atoms with E-state index in [2.05, 4.69) is 0 Å². The Bertz CT molecular complexity index is 411. The SMILES string of the molecule is CC(C)(C)c1ccc([N+](=O)[O-])cc1OCCN. The van der Waals surface area contributed by atoms with Crippen LogP contribution in [0.5, 0.6) is 5.75 Å². The van der Waals surface area contributed by atoms with Crippen molar-refractivity contribution in [3.05, 3.63) is 33.9 Å². The Morgan fingerprint density at radius 2 is 2.06 bits per heavy atom. The summed E-state index contributed by atoms with van der Waals surface area (Å²) in [5.74, 6) is 0.539. The highest BCUT2D eigenvalue weighted by Gasteiger charge is 2.21. The third kappa shape index (κ3) is 3.42. The molecule has 0 fully saturated rings. The molecule has 0 heterocycles. The van der Waals surface area contributed by atoms with Crippen molar-refractivity contribution in [3.8, 4) is 5.75 Å². The summed E-state index contributed by atoms with van der Waals surface area (Å²) in [7, 11) is 0. The number of nitro benzene ring substituents is 1. The second kappa shape index (κ2) is 5.14. The molecule has 0 amide bonds. The average Bonchev–Trinajstić information content (AvgIpc) is 2.24. The van der Waals surface area contributed by atoms with Crippen LogP contribution in [-0.2, 0) is 5.41 Å². The minimum absolute atomic E-state index is 0.0324. The maximum atomic E-state index is 10.7. The molecule has 94 valence electrons. The first kappa shape index (κ1) is 13.4. The largest absolute Gasteiger partial charge is 0.492 e. The van der Waals surface area contributed by atoms with Crippen LogP contribution in [0.2, 0.25) is 0 Å². The number of ether oxygens (including phenoxy) is 1. The Morgan fingerprint density at radius 3 is 2.53 bits per heavy atom. The molecule has 17 heavy (non-hydrogen) atoms. The molecule has 0 aromatic heterocycles. The zero-order valence-corrected chi connectivity index (χ0v) is 10.4. The third-order valence-corrected chi connectivity index (χ3v) is 2.36. The topological polar surface area (TPSA) is 78.4 Å². The lowest BCUT2D eigenvalue weighted by atomic mass is 9.86. The average molecular weight is 238 g/mol. The maximum absolute atomic E-state index is 10.7. The number of hydrogen-bond donors (Lipinski definition) is 1. The van der Waals surface area contributed by atoms with Crippen molar-refractivity contribution in [2.75, 3.05) is 13.2 Å². The van der Waals surface area contributed by atoms with E-state index in [0.717, 1.165) is 5.56 Å². The zero-order chi connectivity index (χ0) is 13.1. The summed E-state index contributed by atoms with van der Waals surface area (Å²) in [5, 5.41) is 10.7. The highest BCUT2D eigenvalue weighted by molar-refractivity contribution is 5.47. The van der Waals surface area contributed by atoms with Crippen molar-refractivity contribution in [2.24, 2.45) is 5.73 Å². The Hall–Kier alpha value is -1.62. The van der Waals surface area contributed by atoms with Crippen LogP contribution in [0.4, 0.5) is 5.69 Å². The van der Waals surface area contributed by atoms with E-state index in [4.69, 9.17) is 10.5 Å². The predicted molar refractivity (Wildman–Crippen MR) is 66.3 cm³/mol.